The second kappa shape index (κ2) is 3.72. The second-order valence-electron chi connectivity index (χ2n) is 6.87. The third kappa shape index (κ3) is 1.85. The minimum atomic E-state index is -0.0976. The lowest BCUT2D eigenvalue weighted by molar-refractivity contribution is -0.117. The van der Waals surface area contributed by atoms with Crippen LogP contribution in [0.3, 0.4) is 0 Å². The summed E-state index contributed by atoms with van der Waals surface area (Å²) < 4.78 is 0. The minimum absolute atomic E-state index is 0.0976. The lowest BCUT2D eigenvalue weighted by Crippen LogP contribution is -2.46. The third-order valence-electron chi connectivity index (χ3n) is 5.09. The molecular weight excluding hydrogens is 196 g/mol. The van der Waals surface area contributed by atoms with Gasteiger partial charge in [0.1, 0.15) is 6.29 Å². The van der Waals surface area contributed by atoms with Gasteiger partial charge >= 0.3 is 0 Å². The van der Waals surface area contributed by atoms with Gasteiger partial charge < -0.3 is 4.79 Å². The molecule has 0 amide bonds. The van der Waals surface area contributed by atoms with Crippen molar-refractivity contribution in [1.29, 1.82) is 0 Å². The van der Waals surface area contributed by atoms with Crippen LogP contribution in [-0.2, 0) is 4.79 Å². The molecule has 0 saturated heterocycles. The van der Waals surface area contributed by atoms with Crippen molar-refractivity contribution in [2.75, 3.05) is 0 Å². The maximum atomic E-state index is 11.2. The summed E-state index contributed by atoms with van der Waals surface area (Å²) in [5, 5.41) is 0. The molecule has 0 spiro atoms. The molecule has 2 aliphatic rings. The Bertz CT molecular complexity index is 315. The Morgan fingerprint density at radius 3 is 2.56 bits per heavy atom. The highest BCUT2D eigenvalue weighted by molar-refractivity contribution is 5.58. The maximum absolute atomic E-state index is 11.2. The van der Waals surface area contributed by atoms with Gasteiger partial charge in [0.15, 0.2) is 0 Å². The molecule has 0 aromatic carbocycles. The number of fused-ring (bicyclic) bond motifs is 1. The first-order chi connectivity index (χ1) is 7.38. The lowest BCUT2D eigenvalue weighted by Gasteiger charge is -2.54. The van der Waals surface area contributed by atoms with Gasteiger partial charge in [-0.1, -0.05) is 32.9 Å². The predicted molar refractivity (Wildman–Crippen MR) is 67.2 cm³/mol. The fraction of sp³-hybridized carbons (Fsp3) is 0.800. The fourth-order valence-electron chi connectivity index (χ4n) is 3.62. The Kier molecular flexibility index (Phi) is 2.76. The topological polar surface area (TPSA) is 17.1 Å². The number of rotatable bonds is 1. The molecule has 2 fully saturated rings. The smallest absolute Gasteiger partial charge is 0.125 e. The average molecular weight is 220 g/mol. The van der Waals surface area contributed by atoms with E-state index in [9.17, 15) is 4.79 Å². The summed E-state index contributed by atoms with van der Waals surface area (Å²) in [5.41, 5.74) is 1.77. The van der Waals surface area contributed by atoms with Crippen molar-refractivity contribution in [3.8, 4) is 0 Å². The van der Waals surface area contributed by atoms with Crippen molar-refractivity contribution in [2.24, 2.45) is 22.7 Å². The Balaban J connectivity index is 2.13. The first kappa shape index (κ1) is 11.9. The summed E-state index contributed by atoms with van der Waals surface area (Å²) in [7, 11) is 0. The van der Waals surface area contributed by atoms with Gasteiger partial charge in [0.25, 0.3) is 0 Å². The first-order valence-corrected chi connectivity index (χ1v) is 6.52. The summed E-state index contributed by atoms with van der Waals surface area (Å²) in [6, 6.07) is 0. The zero-order valence-electron chi connectivity index (χ0n) is 10.9. The standard InChI is InChI=1S/C15H24O/c1-11-5-7-15(4,10-16)8-6-13-12(11)9-14(13,2)3/h10,12-13H,1,5-9H2,2-4H3. The molecule has 0 bridgehead atoms. The molecule has 0 aromatic heterocycles. The van der Waals surface area contributed by atoms with Crippen molar-refractivity contribution in [1.82, 2.24) is 0 Å². The third-order valence-corrected chi connectivity index (χ3v) is 5.09. The fourth-order valence-corrected chi connectivity index (χ4v) is 3.62. The summed E-state index contributed by atoms with van der Waals surface area (Å²) in [6.45, 7) is 11.1. The largest absolute Gasteiger partial charge is 0.303 e. The lowest BCUT2D eigenvalue weighted by atomic mass is 9.50. The van der Waals surface area contributed by atoms with E-state index in [0.29, 0.717) is 5.41 Å². The first-order valence-electron chi connectivity index (χ1n) is 6.52. The highest BCUT2D eigenvalue weighted by atomic mass is 16.1. The van der Waals surface area contributed by atoms with Gasteiger partial charge in [-0.3, -0.25) is 0 Å². The molecule has 90 valence electrons. The summed E-state index contributed by atoms with van der Waals surface area (Å²) >= 11 is 0. The molecule has 0 aliphatic heterocycles. The number of carbonyl (C=O) groups is 1. The zero-order chi connectivity index (χ0) is 12.0. The molecule has 0 N–H and O–H groups in total. The van der Waals surface area contributed by atoms with Gasteiger partial charge in [0.05, 0.1) is 0 Å². The van der Waals surface area contributed by atoms with Crippen LogP contribution in [0.25, 0.3) is 0 Å². The van der Waals surface area contributed by atoms with Gasteiger partial charge in [0, 0.05) is 5.41 Å². The van der Waals surface area contributed by atoms with Crippen molar-refractivity contribution < 1.29 is 4.79 Å². The normalized spacial score (nSPS) is 42.6. The SMILES string of the molecule is C=C1CCC(C)(C=O)CCC2C1CC2(C)C. The van der Waals surface area contributed by atoms with Gasteiger partial charge in [-0.15, -0.1) is 0 Å². The van der Waals surface area contributed by atoms with Crippen LogP contribution < -0.4 is 0 Å². The highest BCUT2D eigenvalue weighted by Gasteiger charge is 2.49. The molecular formula is C15H24O. The van der Waals surface area contributed by atoms with Gasteiger partial charge in [-0.25, -0.2) is 0 Å². The summed E-state index contributed by atoms with van der Waals surface area (Å²) in [4.78, 5) is 11.2. The minimum Gasteiger partial charge on any atom is -0.303 e. The van der Waals surface area contributed by atoms with Crippen LogP contribution in [0.15, 0.2) is 12.2 Å². The van der Waals surface area contributed by atoms with Crippen molar-refractivity contribution in [2.45, 2.75) is 52.9 Å². The van der Waals surface area contributed by atoms with Crippen LogP contribution >= 0.6 is 0 Å². The van der Waals surface area contributed by atoms with Crippen molar-refractivity contribution in [3.63, 3.8) is 0 Å². The summed E-state index contributed by atoms with van der Waals surface area (Å²) in [5.74, 6) is 1.51. The molecule has 1 nitrogen and oxygen atoms in total. The molecule has 0 radical (unpaired) electrons. The molecule has 0 aromatic rings. The van der Waals surface area contributed by atoms with E-state index in [1.807, 2.05) is 0 Å². The molecule has 1 heteroatoms. The number of carbonyl (C=O) groups excluding carboxylic acids is 1. The number of hydrogen-bond acceptors (Lipinski definition) is 1. The van der Waals surface area contributed by atoms with E-state index < -0.39 is 0 Å². The molecule has 2 rings (SSSR count). The molecule has 3 atom stereocenters. The Morgan fingerprint density at radius 2 is 2.00 bits per heavy atom. The van der Waals surface area contributed by atoms with E-state index in [1.165, 1.54) is 24.7 Å². The van der Waals surface area contributed by atoms with Crippen LogP contribution in [0.1, 0.15) is 52.9 Å². The van der Waals surface area contributed by atoms with Crippen LogP contribution in [0, 0.1) is 22.7 Å². The van der Waals surface area contributed by atoms with E-state index in [1.54, 1.807) is 0 Å². The van der Waals surface area contributed by atoms with E-state index in [0.717, 1.165) is 31.1 Å². The van der Waals surface area contributed by atoms with Crippen molar-refractivity contribution >= 4 is 6.29 Å². The van der Waals surface area contributed by atoms with E-state index in [4.69, 9.17) is 0 Å². The Labute approximate surface area is 99.3 Å². The van der Waals surface area contributed by atoms with Crippen LogP contribution in [0.2, 0.25) is 0 Å². The summed E-state index contributed by atoms with van der Waals surface area (Å²) in [6.07, 6.45) is 6.78. The predicted octanol–water partition coefficient (Wildman–Crippen LogP) is 3.98. The number of allylic oxidation sites excluding steroid dienone is 1. The molecule has 2 aliphatic carbocycles. The molecule has 0 heterocycles. The van der Waals surface area contributed by atoms with Gasteiger partial charge in [-0.2, -0.15) is 0 Å². The molecule has 16 heavy (non-hydrogen) atoms. The van der Waals surface area contributed by atoms with Crippen LogP contribution in [0.4, 0.5) is 0 Å². The zero-order valence-corrected chi connectivity index (χ0v) is 10.9. The molecule has 2 saturated carbocycles. The van der Waals surface area contributed by atoms with Crippen LogP contribution in [-0.4, -0.2) is 6.29 Å². The monoisotopic (exact) mass is 220 g/mol. The Morgan fingerprint density at radius 1 is 1.31 bits per heavy atom. The number of aldehydes is 1. The number of hydrogen-bond donors (Lipinski definition) is 0. The average Bonchev–Trinajstić information content (AvgIpc) is 2.22. The molecule has 3 unspecified atom stereocenters. The highest BCUT2D eigenvalue weighted by Crippen LogP contribution is 2.58. The van der Waals surface area contributed by atoms with E-state index in [-0.39, 0.29) is 5.41 Å². The van der Waals surface area contributed by atoms with E-state index >= 15 is 0 Å². The van der Waals surface area contributed by atoms with Crippen molar-refractivity contribution in [3.05, 3.63) is 12.2 Å². The quantitative estimate of drug-likeness (QED) is 0.482. The van der Waals surface area contributed by atoms with Gasteiger partial charge in [-0.05, 0) is 49.4 Å². The van der Waals surface area contributed by atoms with Gasteiger partial charge in [0.2, 0.25) is 0 Å². The second-order valence-corrected chi connectivity index (χ2v) is 6.87. The van der Waals surface area contributed by atoms with E-state index in [2.05, 4.69) is 27.4 Å². The maximum Gasteiger partial charge on any atom is 0.125 e. The Hall–Kier alpha value is -0.590. The van der Waals surface area contributed by atoms with Crippen LogP contribution in [0.5, 0.6) is 0 Å².